The molecule has 1 unspecified atom stereocenters. The van der Waals surface area contributed by atoms with Crippen LogP contribution in [0.25, 0.3) is 0 Å². The molecule has 0 bridgehead atoms. The molecular formula is C26H21O3P. The quantitative estimate of drug-likeness (QED) is 0.312. The van der Waals surface area contributed by atoms with Gasteiger partial charge in [-0.1, -0.05) is 72.8 Å². The maximum Gasteiger partial charge on any atom is 0.188 e. The third kappa shape index (κ3) is 4.59. The summed E-state index contributed by atoms with van der Waals surface area (Å²) in [5, 5.41) is 0.786. The van der Waals surface area contributed by atoms with Crippen molar-refractivity contribution >= 4 is 18.8 Å². The Bertz CT molecular complexity index is 1050. The number of carbonyl (C=O) groups is 1. The van der Waals surface area contributed by atoms with E-state index in [4.69, 9.17) is 9.47 Å². The summed E-state index contributed by atoms with van der Waals surface area (Å²) in [7, 11) is -1.24. The van der Waals surface area contributed by atoms with Gasteiger partial charge in [-0.05, 0) is 43.1 Å². The molecule has 0 amide bonds. The zero-order valence-electron chi connectivity index (χ0n) is 16.6. The second-order valence-corrected chi connectivity index (χ2v) is 8.63. The highest BCUT2D eigenvalue weighted by Gasteiger charge is 2.25. The monoisotopic (exact) mass is 412 g/mol. The van der Waals surface area contributed by atoms with Crippen LogP contribution in [0.3, 0.4) is 0 Å². The van der Waals surface area contributed by atoms with Crippen LogP contribution in [0, 0.1) is 0 Å². The van der Waals surface area contributed by atoms with Gasteiger partial charge in [0.2, 0.25) is 0 Å². The maximum absolute atomic E-state index is 13.3. The van der Waals surface area contributed by atoms with Crippen molar-refractivity contribution in [3.63, 3.8) is 0 Å². The van der Waals surface area contributed by atoms with Gasteiger partial charge in [0.1, 0.15) is 23.0 Å². The van der Waals surface area contributed by atoms with Crippen molar-refractivity contribution in [2.24, 2.45) is 0 Å². The molecule has 0 heterocycles. The summed E-state index contributed by atoms with van der Waals surface area (Å²) >= 11 is 0. The molecule has 1 atom stereocenters. The molecule has 4 aromatic carbocycles. The van der Waals surface area contributed by atoms with Gasteiger partial charge >= 0.3 is 0 Å². The molecule has 4 heteroatoms. The number of carbonyl (C=O) groups excluding carboxylic acids is 1. The lowest BCUT2D eigenvalue weighted by Gasteiger charge is -2.20. The Labute approximate surface area is 177 Å². The van der Waals surface area contributed by atoms with Crippen LogP contribution in [0.1, 0.15) is 10.4 Å². The van der Waals surface area contributed by atoms with Crippen molar-refractivity contribution in [1.82, 2.24) is 0 Å². The third-order valence-corrected chi connectivity index (χ3v) is 6.54. The molecule has 0 fully saturated rings. The first-order valence-corrected chi connectivity index (χ1v) is 11.4. The van der Waals surface area contributed by atoms with E-state index in [9.17, 15) is 4.79 Å². The molecule has 0 spiro atoms. The highest BCUT2D eigenvalue weighted by molar-refractivity contribution is 7.81. The molecule has 4 rings (SSSR count). The van der Waals surface area contributed by atoms with Crippen molar-refractivity contribution in [1.29, 1.82) is 0 Å². The molecule has 0 radical (unpaired) electrons. The minimum absolute atomic E-state index is 0.0765. The fourth-order valence-electron chi connectivity index (χ4n) is 3.10. The zero-order valence-corrected chi connectivity index (χ0v) is 17.5. The molecule has 4 aromatic rings. The lowest BCUT2D eigenvalue weighted by atomic mass is 10.2. The van der Waals surface area contributed by atoms with Crippen LogP contribution in [0.4, 0.5) is 0 Å². The molecule has 0 saturated heterocycles. The van der Waals surface area contributed by atoms with Crippen LogP contribution < -0.4 is 14.8 Å². The van der Waals surface area contributed by atoms with Crippen LogP contribution in [0.2, 0.25) is 0 Å². The lowest BCUT2D eigenvalue weighted by molar-refractivity contribution is 0.108. The minimum atomic E-state index is -1.24. The van der Waals surface area contributed by atoms with Crippen molar-refractivity contribution in [2.45, 2.75) is 0 Å². The van der Waals surface area contributed by atoms with E-state index >= 15 is 0 Å². The van der Waals surface area contributed by atoms with Crippen molar-refractivity contribution in [3.05, 3.63) is 115 Å². The normalized spacial score (nSPS) is 11.5. The predicted octanol–water partition coefficient (Wildman–Crippen LogP) is 6.85. The smallest absolute Gasteiger partial charge is 0.188 e. The summed E-state index contributed by atoms with van der Waals surface area (Å²) in [5.74, 6) is 2.69. The largest absolute Gasteiger partial charge is 0.457 e. The molecule has 0 aliphatic carbocycles. The standard InChI is InChI=1S/C26H21O3P/c1-30(26(27)20-12-5-2-6-13-20)25-23(28-21-14-7-3-8-15-21)18-11-19-24(25)29-22-16-9-4-10-17-22/h2-19H,1H3. The van der Waals surface area contributed by atoms with E-state index in [0.29, 0.717) is 28.6 Å². The van der Waals surface area contributed by atoms with E-state index in [0.717, 1.165) is 5.30 Å². The Morgan fingerprint density at radius 3 is 1.50 bits per heavy atom. The maximum atomic E-state index is 13.3. The van der Waals surface area contributed by atoms with E-state index in [2.05, 4.69) is 0 Å². The number of rotatable bonds is 7. The Hall–Kier alpha value is -3.42. The van der Waals surface area contributed by atoms with Crippen LogP contribution in [-0.4, -0.2) is 12.2 Å². The van der Waals surface area contributed by atoms with Crippen molar-refractivity contribution in [2.75, 3.05) is 6.66 Å². The van der Waals surface area contributed by atoms with E-state index in [1.54, 1.807) is 0 Å². The Kier molecular flexibility index (Phi) is 6.22. The topological polar surface area (TPSA) is 35.5 Å². The Balaban J connectivity index is 1.76. The van der Waals surface area contributed by atoms with E-state index in [-0.39, 0.29) is 5.52 Å². The van der Waals surface area contributed by atoms with Crippen LogP contribution in [0.15, 0.2) is 109 Å². The summed E-state index contributed by atoms with van der Waals surface area (Å²) in [6, 6.07) is 34.2. The first-order valence-electron chi connectivity index (χ1n) is 9.64. The summed E-state index contributed by atoms with van der Waals surface area (Å²) in [4.78, 5) is 13.3. The first-order chi connectivity index (χ1) is 14.7. The fraction of sp³-hybridized carbons (Fsp3) is 0.0385. The SMILES string of the molecule is CP(C(=O)c1ccccc1)c1c(Oc2ccccc2)cccc1Oc1ccccc1. The van der Waals surface area contributed by atoms with Gasteiger partial charge in [0, 0.05) is 13.5 Å². The summed E-state index contributed by atoms with van der Waals surface area (Å²) in [6.45, 7) is 1.95. The molecule has 0 N–H and O–H groups in total. The second-order valence-electron chi connectivity index (χ2n) is 6.66. The van der Waals surface area contributed by atoms with Crippen LogP contribution >= 0.6 is 7.92 Å². The van der Waals surface area contributed by atoms with Crippen molar-refractivity contribution in [3.8, 4) is 23.0 Å². The van der Waals surface area contributed by atoms with Gasteiger partial charge in [0.15, 0.2) is 5.52 Å². The molecule has 0 saturated carbocycles. The zero-order chi connectivity index (χ0) is 20.8. The van der Waals surface area contributed by atoms with Gasteiger partial charge in [-0.2, -0.15) is 0 Å². The van der Waals surface area contributed by atoms with Gasteiger partial charge in [0.05, 0.1) is 5.30 Å². The molecule has 0 aliphatic rings. The van der Waals surface area contributed by atoms with E-state index in [1.807, 2.05) is 116 Å². The van der Waals surface area contributed by atoms with Gasteiger partial charge < -0.3 is 9.47 Å². The van der Waals surface area contributed by atoms with E-state index < -0.39 is 7.92 Å². The molecule has 0 aliphatic heterocycles. The number of hydrogen-bond acceptors (Lipinski definition) is 3. The number of benzene rings is 4. The van der Waals surface area contributed by atoms with Gasteiger partial charge in [-0.15, -0.1) is 0 Å². The van der Waals surface area contributed by atoms with Gasteiger partial charge in [-0.25, -0.2) is 0 Å². The average molecular weight is 412 g/mol. The lowest BCUT2D eigenvalue weighted by Crippen LogP contribution is -2.13. The number of para-hydroxylation sites is 2. The van der Waals surface area contributed by atoms with E-state index in [1.165, 1.54) is 0 Å². The molecule has 0 aromatic heterocycles. The fourth-order valence-corrected chi connectivity index (χ4v) is 4.75. The van der Waals surface area contributed by atoms with Crippen molar-refractivity contribution < 1.29 is 14.3 Å². The van der Waals surface area contributed by atoms with Crippen LogP contribution in [0.5, 0.6) is 23.0 Å². The summed E-state index contributed by atoms with van der Waals surface area (Å²) in [5.41, 5.74) is 0.763. The average Bonchev–Trinajstić information content (AvgIpc) is 2.80. The summed E-state index contributed by atoms with van der Waals surface area (Å²) < 4.78 is 12.4. The Morgan fingerprint density at radius 1 is 0.600 bits per heavy atom. The Morgan fingerprint density at radius 2 is 1.03 bits per heavy atom. The highest BCUT2D eigenvalue weighted by Crippen LogP contribution is 2.43. The number of ether oxygens (including phenoxy) is 2. The first kappa shape index (κ1) is 19.9. The summed E-state index contributed by atoms with van der Waals surface area (Å²) in [6.07, 6.45) is 0. The second kappa shape index (κ2) is 9.39. The van der Waals surface area contributed by atoms with Crippen LogP contribution in [-0.2, 0) is 0 Å². The van der Waals surface area contributed by atoms with Gasteiger partial charge in [-0.3, -0.25) is 4.79 Å². The number of hydrogen-bond donors (Lipinski definition) is 0. The van der Waals surface area contributed by atoms with Gasteiger partial charge in [0.25, 0.3) is 0 Å². The molecule has 148 valence electrons. The molecule has 30 heavy (non-hydrogen) atoms. The third-order valence-electron chi connectivity index (χ3n) is 4.56. The highest BCUT2D eigenvalue weighted by atomic mass is 31.1. The predicted molar refractivity (Wildman–Crippen MR) is 123 cm³/mol. The molecular weight excluding hydrogens is 391 g/mol. The molecule has 3 nitrogen and oxygen atoms in total. The minimum Gasteiger partial charge on any atom is -0.457 e.